The van der Waals surface area contributed by atoms with Crippen LogP contribution in [0.2, 0.25) is 0 Å². The molecule has 0 atom stereocenters. The number of nitrogens with zero attached hydrogens (tertiary/aromatic N) is 2. The zero-order valence-electron chi connectivity index (χ0n) is 9.13. The molecule has 0 spiro atoms. The van der Waals surface area contributed by atoms with Gasteiger partial charge >= 0.3 is 0 Å². The predicted molar refractivity (Wildman–Crippen MR) is 62.6 cm³/mol. The van der Waals surface area contributed by atoms with Crippen LogP contribution in [0, 0.1) is 5.95 Å². The average Bonchev–Trinajstić information content (AvgIpc) is 2.82. The molecule has 3 rings (SSSR count). The smallest absolute Gasteiger partial charge is 0.212 e. The van der Waals surface area contributed by atoms with Gasteiger partial charge in [-0.1, -0.05) is 0 Å². The maximum Gasteiger partial charge on any atom is 0.212 e. The topological polar surface area (TPSA) is 56.0 Å². The molecule has 4 nitrogen and oxygen atoms in total. The maximum absolute atomic E-state index is 12.8. The monoisotopic (exact) mass is 242 g/mol. The molecular weight excluding hydrogens is 235 g/mol. The molecule has 5 heteroatoms. The Morgan fingerprint density at radius 2 is 2.11 bits per heavy atom. The van der Waals surface area contributed by atoms with Crippen molar-refractivity contribution in [3.8, 4) is 11.1 Å². The van der Waals surface area contributed by atoms with Crippen LogP contribution in [-0.4, -0.2) is 16.3 Å². The molecule has 0 amide bonds. The summed E-state index contributed by atoms with van der Waals surface area (Å²) in [6.45, 7) is 0. The van der Waals surface area contributed by atoms with Crippen LogP contribution in [0.5, 0.6) is 0 Å². The van der Waals surface area contributed by atoms with Crippen LogP contribution in [-0.2, 0) is 0 Å². The minimum Gasteiger partial charge on any atom is -0.452 e. The average molecular weight is 242 g/mol. The second-order valence-electron chi connectivity index (χ2n) is 3.74. The van der Waals surface area contributed by atoms with Crippen molar-refractivity contribution in [3.63, 3.8) is 0 Å². The highest BCUT2D eigenvalue weighted by Crippen LogP contribution is 2.29. The Bertz CT molecular complexity index is 719. The van der Waals surface area contributed by atoms with E-state index in [1.807, 2.05) is 0 Å². The van der Waals surface area contributed by atoms with Crippen LogP contribution in [0.4, 0.5) is 4.39 Å². The maximum atomic E-state index is 12.8. The zero-order valence-corrected chi connectivity index (χ0v) is 9.13. The van der Waals surface area contributed by atoms with E-state index in [9.17, 15) is 9.18 Å². The molecule has 0 aliphatic carbocycles. The van der Waals surface area contributed by atoms with Gasteiger partial charge < -0.3 is 4.42 Å². The SMILES string of the molecule is O=Cc1cc2cncc(-c3ccc(F)nc3)c2o1. The Morgan fingerprint density at radius 1 is 1.22 bits per heavy atom. The van der Waals surface area contributed by atoms with Crippen molar-refractivity contribution in [1.82, 2.24) is 9.97 Å². The number of hydrogen-bond donors (Lipinski definition) is 0. The molecule has 0 saturated carbocycles. The number of rotatable bonds is 2. The van der Waals surface area contributed by atoms with Gasteiger partial charge in [0.1, 0.15) is 5.58 Å². The van der Waals surface area contributed by atoms with Gasteiger partial charge in [0.2, 0.25) is 5.95 Å². The summed E-state index contributed by atoms with van der Waals surface area (Å²) in [5.41, 5.74) is 1.90. The molecule has 3 aromatic rings. The highest BCUT2D eigenvalue weighted by molar-refractivity contribution is 5.94. The summed E-state index contributed by atoms with van der Waals surface area (Å²) in [5, 5.41) is 0.721. The minimum absolute atomic E-state index is 0.231. The first-order valence-corrected chi connectivity index (χ1v) is 5.22. The van der Waals surface area contributed by atoms with Crippen molar-refractivity contribution in [2.24, 2.45) is 0 Å². The fraction of sp³-hybridized carbons (Fsp3) is 0. The van der Waals surface area contributed by atoms with Crippen molar-refractivity contribution < 1.29 is 13.6 Å². The lowest BCUT2D eigenvalue weighted by atomic mass is 10.1. The number of carbonyl (C=O) groups excluding carboxylic acids is 1. The minimum atomic E-state index is -0.549. The molecule has 0 radical (unpaired) electrons. The van der Waals surface area contributed by atoms with E-state index < -0.39 is 5.95 Å². The number of aromatic nitrogens is 2. The van der Waals surface area contributed by atoms with Gasteiger partial charge in [-0.05, 0) is 18.2 Å². The molecule has 0 unspecified atom stereocenters. The van der Waals surface area contributed by atoms with E-state index >= 15 is 0 Å². The largest absolute Gasteiger partial charge is 0.452 e. The first-order chi connectivity index (χ1) is 8.78. The summed E-state index contributed by atoms with van der Waals surface area (Å²) in [4.78, 5) is 18.3. The van der Waals surface area contributed by atoms with Gasteiger partial charge in [-0.3, -0.25) is 9.78 Å². The number of hydrogen-bond acceptors (Lipinski definition) is 4. The molecule has 0 bridgehead atoms. The van der Waals surface area contributed by atoms with Crippen molar-refractivity contribution in [1.29, 1.82) is 0 Å². The molecule has 3 aromatic heterocycles. The number of fused-ring (bicyclic) bond motifs is 1. The van der Waals surface area contributed by atoms with Crippen molar-refractivity contribution in [2.75, 3.05) is 0 Å². The summed E-state index contributed by atoms with van der Waals surface area (Å²) in [6.07, 6.45) is 5.23. The summed E-state index contributed by atoms with van der Waals surface area (Å²) in [6, 6.07) is 4.45. The third-order valence-electron chi connectivity index (χ3n) is 2.60. The summed E-state index contributed by atoms with van der Waals surface area (Å²) in [5.74, 6) is -0.318. The van der Waals surface area contributed by atoms with Crippen LogP contribution in [0.1, 0.15) is 10.6 Å². The van der Waals surface area contributed by atoms with Crippen LogP contribution >= 0.6 is 0 Å². The fourth-order valence-electron chi connectivity index (χ4n) is 1.78. The van der Waals surface area contributed by atoms with Crippen molar-refractivity contribution >= 4 is 17.3 Å². The van der Waals surface area contributed by atoms with Gasteiger partial charge in [0, 0.05) is 35.1 Å². The van der Waals surface area contributed by atoms with Gasteiger partial charge in [-0.15, -0.1) is 0 Å². The molecule has 0 aromatic carbocycles. The molecule has 88 valence electrons. The Morgan fingerprint density at radius 3 is 2.83 bits per heavy atom. The molecule has 0 aliphatic heterocycles. The van der Waals surface area contributed by atoms with Crippen LogP contribution in [0.3, 0.4) is 0 Å². The summed E-state index contributed by atoms with van der Waals surface area (Å²) in [7, 11) is 0. The number of carbonyl (C=O) groups is 1. The van der Waals surface area contributed by atoms with Crippen LogP contribution < -0.4 is 0 Å². The highest BCUT2D eigenvalue weighted by Gasteiger charge is 2.10. The van der Waals surface area contributed by atoms with Gasteiger partial charge in [0.15, 0.2) is 12.0 Å². The Hall–Kier alpha value is -2.56. The first-order valence-electron chi connectivity index (χ1n) is 5.22. The third-order valence-corrected chi connectivity index (χ3v) is 2.60. The second kappa shape index (κ2) is 4.03. The van der Waals surface area contributed by atoms with Crippen molar-refractivity contribution in [3.05, 3.63) is 48.5 Å². The van der Waals surface area contributed by atoms with Gasteiger partial charge in [-0.2, -0.15) is 4.39 Å². The number of pyridine rings is 2. The number of halogens is 1. The third kappa shape index (κ3) is 1.66. The van der Waals surface area contributed by atoms with Gasteiger partial charge in [0.05, 0.1) is 0 Å². The van der Waals surface area contributed by atoms with E-state index in [4.69, 9.17) is 4.42 Å². The molecule has 0 fully saturated rings. The normalized spacial score (nSPS) is 10.7. The van der Waals surface area contributed by atoms with Crippen LogP contribution in [0.25, 0.3) is 22.1 Å². The van der Waals surface area contributed by atoms with E-state index in [2.05, 4.69) is 9.97 Å². The van der Waals surface area contributed by atoms with Crippen molar-refractivity contribution in [2.45, 2.75) is 0 Å². The lowest BCUT2D eigenvalue weighted by Crippen LogP contribution is -1.85. The Labute approximate surface area is 101 Å². The van der Waals surface area contributed by atoms with Crippen LogP contribution in [0.15, 0.2) is 41.2 Å². The number of furan rings is 1. The molecule has 0 aliphatic rings. The van der Waals surface area contributed by atoms with Gasteiger partial charge in [-0.25, -0.2) is 4.98 Å². The molecule has 0 saturated heterocycles. The lowest BCUT2D eigenvalue weighted by Gasteiger charge is -2.00. The Balaban J connectivity index is 2.25. The highest BCUT2D eigenvalue weighted by atomic mass is 19.1. The predicted octanol–water partition coefficient (Wildman–Crippen LogP) is 2.84. The molecule has 18 heavy (non-hydrogen) atoms. The van der Waals surface area contributed by atoms with E-state index in [1.165, 1.54) is 12.3 Å². The van der Waals surface area contributed by atoms with Gasteiger partial charge in [0.25, 0.3) is 0 Å². The first kappa shape index (κ1) is 10.6. The number of aldehydes is 1. The quantitative estimate of drug-likeness (QED) is 0.512. The molecule has 3 heterocycles. The molecule has 0 N–H and O–H groups in total. The summed E-state index contributed by atoms with van der Waals surface area (Å²) < 4.78 is 18.2. The lowest BCUT2D eigenvalue weighted by molar-refractivity contribution is 0.110. The van der Waals surface area contributed by atoms with E-state index in [-0.39, 0.29) is 5.76 Å². The fourth-order valence-corrected chi connectivity index (χ4v) is 1.78. The standard InChI is InChI=1S/C13H7FN2O2/c14-12-2-1-8(5-16-12)11-6-15-4-9-3-10(7-17)18-13(9)11/h1-7H. The zero-order chi connectivity index (χ0) is 12.5. The second-order valence-corrected chi connectivity index (χ2v) is 3.74. The molecular formula is C13H7FN2O2. The Kier molecular flexibility index (Phi) is 2.37. The van der Waals surface area contributed by atoms with E-state index in [1.54, 1.807) is 24.5 Å². The van der Waals surface area contributed by atoms with E-state index in [0.717, 1.165) is 5.39 Å². The summed E-state index contributed by atoms with van der Waals surface area (Å²) >= 11 is 0. The van der Waals surface area contributed by atoms with E-state index in [0.29, 0.717) is 23.0 Å².